The summed E-state index contributed by atoms with van der Waals surface area (Å²) < 4.78 is 64.5. The van der Waals surface area contributed by atoms with E-state index in [2.05, 4.69) is 27.1 Å². The van der Waals surface area contributed by atoms with E-state index < -0.39 is 22.2 Å². The molecule has 29 heavy (non-hydrogen) atoms. The van der Waals surface area contributed by atoms with Gasteiger partial charge in [-0.05, 0) is 37.1 Å². The van der Waals surface area contributed by atoms with Gasteiger partial charge in [0.1, 0.15) is 0 Å². The number of piperidine rings is 1. The molecule has 7 nitrogen and oxygen atoms in total. The number of alkyl halides is 3. The monoisotopic (exact) mass is 458 g/mol. The van der Waals surface area contributed by atoms with E-state index in [4.69, 9.17) is 14.6 Å². The van der Waals surface area contributed by atoms with Crippen molar-refractivity contribution >= 4 is 27.3 Å². The predicted octanol–water partition coefficient (Wildman–Crippen LogP) is 2.30. The minimum atomic E-state index is -5.08. The van der Waals surface area contributed by atoms with Crippen LogP contribution < -0.4 is 4.72 Å². The second kappa shape index (κ2) is 10.2. The number of fused-ring (bicyclic) bond motifs is 1. The Morgan fingerprint density at radius 3 is 2.66 bits per heavy atom. The number of carbonyl (C=O) groups is 1. The molecule has 3 atom stereocenters. The fraction of sp³-hybridized carbons (Fsp3) is 0.706. The highest BCUT2D eigenvalue weighted by Gasteiger charge is 2.40. The molecule has 3 heterocycles. The molecule has 0 saturated carbocycles. The molecule has 2 aliphatic rings. The number of hydrogen-bond donors (Lipinski definition) is 2. The summed E-state index contributed by atoms with van der Waals surface area (Å²) in [5, 5.41) is 9.21. The lowest BCUT2D eigenvalue weighted by Crippen LogP contribution is -2.60. The van der Waals surface area contributed by atoms with Crippen LogP contribution in [0.4, 0.5) is 13.2 Å². The van der Waals surface area contributed by atoms with Gasteiger partial charge >= 0.3 is 12.1 Å². The van der Waals surface area contributed by atoms with Gasteiger partial charge in [-0.1, -0.05) is 6.07 Å². The standard InChI is InChI=1S/C15H24N2O3S2.C2HF3O2/c1-2-22(18,19)16-14-11-17(10-13-6-4-8-21-13)9-12-5-3-7-20-15(12)14;3-2(4,5)1(6)7/h4,6,8,12,14-16H,2-3,5,7,9-11H2,1H3;(H,6,7)/t12-,14+,15-;/m0./s1. The first-order valence-corrected chi connectivity index (χ1v) is 11.7. The molecular weight excluding hydrogens is 433 g/mol. The number of hydrogen-bond acceptors (Lipinski definition) is 6. The summed E-state index contributed by atoms with van der Waals surface area (Å²) in [5.74, 6) is -2.22. The van der Waals surface area contributed by atoms with E-state index >= 15 is 0 Å². The maximum absolute atomic E-state index is 12.0. The Morgan fingerprint density at radius 2 is 2.10 bits per heavy atom. The van der Waals surface area contributed by atoms with Gasteiger partial charge in [-0.2, -0.15) is 13.2 Å². The molecule has 166 valence electrons. The van der Waals surface area contributed by atoms with Crippen LogP contribution in [0.5, 0.6) is 0 Å². The molecule has 0 aromatic carbocycles. The Kier molecular flexibility index (Phi) is 8.47. The largest absolute Gasteiger partial charge is 0.490 e. The van der Waals surface area contributed by atoms with Crippen molar-refractivity contribution in [1.29, 1.82) is 0 Å². The fourth-order valence-corrected chi connectivity index (χ4v) is 5.05. The Balaban J connectivity index is 0.000000370. The minimum Gasteiger partial charge on any atom is -0.475 e. The van der Waals surface area contributed by atoms with E-state index in [9.17, 15) is 21.6 Å². The van der Waals surface area contributed by atoms with E-state index in [1.54, 1.807) is 18.3 Å². The molecule has 0 bridgehead atoms. The van der Waals surface area contributed by atoms with Crippen molar-refractivity contribution in [3.8, 4) is 0 Å². The Morgan fingerprint density at radius 1 is 1.41 bits per heavy atom. The summed E-state index contributed by atoms with van der Waals surface area (Å²) in [4.78, 5) is 12.6. The molecule has 1 aromatic rings. The summed E-state index contributed by atoms with van der Waals surface area (Å²) in [6.45, 7) is 5.03. The van der Waals surface area contributed by atoms with Crippen LogP contribution in [0.2, 0.25) is 0 Å². The summed E-state index contributed by atoms with van der Waals surface area (Å²) in [5.41, 5.74) is 0. The maximum Gasteiger partial charge on any atom is 0.490 e. The van der Waals surface area contributed by atoms with E-state index in [-0.39, 0.29) is 17.9 Å². The first-order valence-electron chi connectivity index (χ1n) is 9.18. The lowest BCUT2D eigenvalue weighted by molar-refractivity contribution is -0.192. The number of nitrogens with one attached hydrogen (secondary N) is 1. The summed E-state index contributed by atoms with van der Waals surface area (Å²) in [6.07, 6.45) is -2.87. The number of likely N-dealkylation sites (tertiary alicyclic amines) is 1. The van der Waals surface area contributed by atoms with Gasteiger partial charge in [0.25, 0.3) is 0 Å². The number of carboxylic acids is 1. The van der Waals surface area contributed by atoms with Crippen LogP contribution in [0.3, 0.4) is 0 Å². The third-order valence-corrected chi connectivity index (χ3v) is 7.03. The molecule has 0 spiro atoms. The molecule has 2 N–H and O–H groups in total. The van der Waals surface area contributed by atoms with Gasteiger partial charge in [0.2, 0.25) is 10.0 Å². The van der Waals surface area contributed by atoms with Gasteiger partial charge < -0.3 is 9.84 Å². The van der Waals surface area contributed by atoms with Crippen molar-refractivity contribution < 1.29 is 36.2 Å². The molecular formula is C17H25F3N2O5S2. The molecule has 0 unspecified atom stereocenters. The Hall–Kier alpha value is -1.21. The number of carboxylic acid groups (broad SMARTS) is 1. The molecule has 0 radical (unpaired) electrons. The highest BCUT2D eigenvalue weighted by atomic mass is 32.2. The number of ether oxygens (including phenoxy) is 1. The quantitative estimate of drug-likeness (QED) is 0.703. The van der Waals surface area contributed by atoms with Crippen LogP contribution in [0.1, 0.15) is 24.6 Å². The van der Waals surface area contributed by atoms with Crippen molar-refractivity contribution in [1.82, 2.24) is 9.62 Å². The highest BCUT2D eigenvalue weighted by molar-refractivity contribution is 7.89. The summed E-state index contributed by atoms with van der Waals surface area (Å²) in [7, 11) is -3.21. The SMILES string of the molecule is CCS(=O)(=O)N[C@@H]1CN(Cc2cccs2)C[C@@H]2CCCO[C@@H]21.O=C(O)C(F)(F)F. The van der Waals surface area contributed by atoms with Crippen molar-refractivity contribution in [2.24, 2.45) is 5.92 Å². The molecule has 2 fully saturated rings. The van der Waals surface area contributed by atoms with E-state index in [1.165, 1.54) is 4.88 Å². The fourth-order valence-electron chi connectivity index (χ4n) is 3.46. The Labute approximate surface area is 171 Å². The van der Waals surface area contributed by atoms with Gasteiger partial charge in [0, 0.05) is 31.1 Å². The topological polar surface area (TPSA) is 95.9 Å². The first kappa shape index (κ1) is 24.1. The second-order valence-electron chi connectivity index (χ2n) is 6.94. The molecule has 2 saturated heterocycles. The van der Waals surface area contributed by atoms with Gasteiger partial charge in [-0.25, -0.2) is 17.9 Å². The van der Waals surface area contributed by atoms with Crippen LogP contribution in [-0.2, 0) is 26.1 Å². The normalized spacial score (nSPS) is 25.6. The molecule has 0 aliphatic carbocycles. The van der Waals surface area contributed by atoms with E-state index in [1.807, 2.05) is 0 Å². The van der Waals surface area contributed by atoms with Gasteiger partial charge in [-0.15, -0.1) is 11.3 Å². The molecule has 0 amide bonds. The third kappa shape index (κ3) is 7.52. The minimum absolute atomic E-state index is 0.0228. The number of rotatable bonds is 5. The van der Waals surface area contributed by atoms with Crippen molar-refractivity contribution in [2.45, 2.75) is 44.6 Å². The lowest BCUT2D eigenvalue weighted by Gasteiger charge is -2.45. The average molecular weight is 459 g/mol. The summed E-state index contributed by atoms with van der Waals surface area (Å²) in [6, 6.07) is 4.07. The molecule has 2 aliphatic heterocycles. The van der Waals surface area contributed by atoms with Gasteiger partial charge in [0.05, 0.1) is 17.9 Å². The first-order chi connectivity index (χ1) is 13.5. The molecule has 1 aromatic heterocycles. The lowest BCUT2D eigenvalue weighted by atomic mass is 9.86. The van der Waals surface area contributed by atoms with Gasteiger partial charge in [0.15, 0.2) is 0 Å². The molecule has 12 heteroatoms. The van der Waals surface area contributed by atoms with Crippen molar-refractivity contribution in [2.75, 3.05) is 25.4 Å². The Bertz CT molecular complexity index is 756. The average Bonchev–Trinajstić information content (AvgIpc) is 3.14. The van der Waals surface area contributed by atoms with E-state index in [0.29, 0.717) is 5.92 Å². The maximum atomic E-state index is 12.0. The van der Waals surface area contributed by atoms with Gasteiger partial charge in [-0.3, -0.25) is 4.90 Å². The number of nitrogens with zero attached hydrogens (tertiary/aromatic N) is 1. The number of sulfonamides is 1. The van der Waals surface area contributed by atoms with Crippen molar-refractivity contribution in [3.05, 3.63) is 22.4 Å². The van der Waals surface area contributed by atoms with E-state index in [0.717, 1.165) is 39.1 Å². The van der Waals surface area contributed by atoms with Crippen LogP contribution in [0.25, 0.3) is 0 Å². The number of aliphatic carboxylic acids is 1. The smallest absolute Gasteiger partial charge is 0.475 e. The predicted molar refractivity (Wildman–Crippen MR) is 102 cm³/mol. The van der Waals surface area contributed by atoms with Crippen LogP contribution >= 0.6 is 11.3 Å². The highest BCUT2D eigenvalue weighted by Crippen LogP contribution is 2.30. The van der Waals surface area contributed by atoms with Crippen LogP contribution in [0, 0.1) is 5.92 Å². The second-order valence-corrected chi connectivity index (χ2v) is 10.0. The molecule has 3 rings (SSSR count). The number of thiophene rings is 1. The summed E-state index contributed by atoms with van der Waals surface area (Å²) >= 11 is 1.75. The van der Waals surface area contributed by atoms with Crippen molar-refractivity contribution in [3.63, 3.8) is 0 Å². The van der Waals surface area contributed by atoms with Crippen LogP contribution in [-0.4, -0.2) is 68.2 Å². The number of halogens is 3. The zero-order valence-electron chi connectivity index (χ0n) is 15.9. The van der Waals surface area contributed by atoms with Crippen LogP contribution in [0.15, 0.2) is 17.5 Å². The zero-order valence-corrected chi connectivity index (χ0v) is 17.5. The third-order valence-electron chi connectivity index (χ3n) is 4.75. The zero-order chi connectivity index (χ0) is 21.7.